The van der Waals surface area contributed by atoms with Gasteiger partial charge >= 0.3 is 14.2 Å². The molecule has 0 atom stereocenters. The minimum atomic E-state index is -0.588. The molecule has 0 N–H and O–H groups in total. The van der Waals surface area contributed by atoms with Crippen LogP contribution in [0.5, 0.6) is 0 Å². The smallest absolute Gasteiger partial charge is 0.399 e. The largest absolute Gasteiger partial charge is 0.496 e. The van der Waals surface area contributed by atoms with Crippen molar-refractivity contribution in [3.8, 4) is 137 Å². The van der Waals surface area contributed by atoms with Crippen LogP contribution in [0.3, 0.4) is 0 Å². The molecule has 16 aromatic carbocycles. The van der Waals surface area contributed by atoms with Crippen LogP contribution in [0.2, 0.25) is 0 Å². The minimum Gasteiger partial charge on any atom is -0.399 e. The fourth-order valence-corrected chi connectivity index (χ4v) is 16.3. The predicted molar refractivity (Wildman–Crippen MR) is 527 cm³/mol. The van der Waals surface area contributed by atoms with Crippen molar-refractivity contribution in [3.63, 3.8) is 0 Å². The summed E-state index contributed by atoms with van der Waals surface area (Å²) in [6.07, 6.45) is 0. The fourth-order valence-electron chi connectivity index (χ4n) is 16.0. The Labute approximate surface area is 754 Å². The predicted octanol–water partition coefficient (Wildman–Crippen LogP) is 23.4. The molecule has 19 heteroatoms. The van der Waals surface area contributed by atoms with Crippen LogP contribution >= 0.6 is 15.9 Å². The average molecular weight is 1730 g/mol. The van der Waals surface area contributed by atoms with Crippen molar-refractivity contribution in [1.29, 1.82) is 10.5 Å². The normalized spacial score (nSPS) is 14.0. The Kier molecular flexibility index (Phi) is 23.1. The van der Waals surface area contributed by atoms with Crippen molar-refractivity contribution in [1.82, 2.24) is 44.9 Å². The van der Waals surface area contributed by atoms with Gasteiger partial charge < -0.3 is 18.6 Å². The molecule has 0 amide bonds. The third-order valence-corrected chi connectivity index (χ3v) is 24.9. The standard InChI is InChI=1S/C61H37N7.C25H16BrN3.C23H29B2NO4.BH4/c62-38-50-36-48-34-33-47(39-25-29-45(30-26-39)58-63-56(43-15-3-1-4-16-43)65-60(67-58)53-23-11-19-40-13-7-9-21-51(40)53)35-49(48)37-55(50)42-27-31-46(32-28-42)59-64-57(44-17-5-2-6-18-44)66-61(68-59)54-24-12-20-41-14-8-10-22-52(41)54;26-20-15-13-19(14-16-20)24-27-23(18-8-2-1-3-9-18)28-25(29-24)22-12-6-10-17-7-4-5-11-21(17)22;1-20(2)21(3,4)28-24(27-20)18-10-9-15-11-17(14-26)19(13-16(15)12-18)25-29-22(5,6)23(7,8)30-25;/h1-37H;1-16H;9-13H,1-8H3;1H4/q;;;-1. The lowest BCUT2D eigenvalue weighted by Crippen LogP contribution is -2.41. The molecule has 128 heavy (non-hydrogen) atoms. The van der Waals surface area contributed by atoms with Gasteiger partial charge in [-0.25, -0.2) is 44.9 Å². The Hall–Kier alpha value is -14.7. The van der Waals surface area contributed by atoms with Gasteiger partial charge in [-0.3, -0.25) is 0 Å². The monoisotopic (exact) mass is 1720 g/mol. The minimum absolute atomic E-state index is 0. The molecule has 0 radical (unpaired) electrons. The van der Waals surface area contributed by atoms with E-state index in [2.05, 4.69) is 155 Å². The molecule has 3 aromatic heterocycles. The molecular weight excluding hydrogens is 1640 g/mol. The zero-order valence-electron chi connectivity index (χ0n) is 71.1. The van der Waals surface area contributed by atoms with Gasteiger partial charge in [0, 0.05) is 65.6 Å². The van der Waals surface area contributed by atoms with Gasteiger partial charge in [-0.15, -0.1) is 0 Å². The number of nitrogens with zero attached hydrogens (tertiary/aromatic N) is 11. The molecule has 5 heterocycles. The Morgan fingerprint density at radius 3 is 0.945 bits per heavy atom. The van der Waals surface area contributed by atoms with E-state index in [0.29, 0.717) is 63.5 Å². The molecule has 2 fully saturated rings. The topological polar surface area (TPSA) is 201 Å². The second-order valence-corrected chi connectivity index (χ2v) is 34.6. The van der Waals surface area contributed by atoms with Gasteiger partial charge in [0.15, 0.2) is 52.4 Å². The lowest BCUT2D eigenvalue weighted by atomic mass is 9.73. The summed E-state index contributed by atoms with van der Waals surface area (Å²) in [6, 6.07) is 123. The number of benzene rings is 16. The van der Waals surface area contributed by atoms with Crippen molar-refractivity contribution < 1.29 is 18.6 Å². The van der Waals surface area contributed by atoms with Crippen molar-refractivity contribution in [2.24, 2.45) is 0 Å². The Morgan fingerprint density at radius 1 is 0.242 bits per heavy atom. The number of halogens is 1. The highest BCUT2D eigenvalue weighted by Gasteiger charge is 2.53. The van der Waals surface area contributed by atoms with Crippen LogP contribution in [-0.2, 0) is 18.6 Å². The maximum atomic E-state index is 10.4. The second-order valence-electron chi connectivity index (χ2n) is 33.7. The van der Waals surface area contributed by atoms with E-state index >= 15 is 0 Å². The molecule has 0 saturated carbocycles. The van der Waals surface area contributed by atoms with E-state index in [1.165, 1.54) is 0 Å². The van der Waals surface area contributed by atoms with Gasteiger partial charge in [0.2, 0.25) is 0 Å². The van der Waals surface area contributed by atoms with Gasteiger partial charge in [-0.2, -0.15) is 10.5 Å². The average Bonchev–Trinajstić information content (AvgIpc) is 1.60. The fraction of sp³-hybridized carbons (Fsp3) is 0.110. The first-order chi connectivity index (χ1) is 61.6. The third-order valence-electron chi connectivity index (χ3n) is 24.4. The van der Waals surface area contributed by atoms with Crippen LogP contribution in [0.4, 0.5) is 0 Å². The summed E-state index contributed by atoms with van der Waals surface area (Å²) >= 11 is 3.49. The zero-order chi connectivity index (χ0) is 87.1. The van der Waals surface area contributed by atoms with Gasteiger partial charge in [0.05, 0.1) is 45.7 Å². The summed E-state index contributed by atoms with van der Waals surface area (Å²) in [6.45, 7) is 16.2. The second kappa shape index (κ2) is 35.0. The summed E-state index contributed by atoms with van der Waals surface area (Å²) in [7, 11) is -1.02. The third kappa shape index (κ3) is 17.0. The quantitative estimate of drug-likeness (QED) is 0.0986. The molecule has 2 aliphatic rings. The molecule has 19 aromatic rings. The first-order valence-electron chi connectivity index (χ1n) is 42.2. The Bertz CT molecular complexity index is 7480. The summed E-state index contributed by atoms with van der Waals surface area (Å²) in [4.78, 5) is 44.5. The SMILES string of the molecule is Brc1ccc(-c2nc(-c3ccccc3)nc(-c3cccc4ccccc34)n2)cc1.CC1(C)OB(c2ccc3cc(C#N)c(B4OC(C)(C)C(C)(C)O4)cc3c2)OC1(C)C.N#Cc1cc2ccc(-c3ccc(-c4nc(-c5ccccc5)nc(-c5cccc6ccccc56)n4)cc3)cc2cc1-c1ccc(-c2nc(-c3ccccc3)nc(-c3cccc4ccccc34)n2)cc1.[BH4-]. The van der Waals surface area contributed by atoms with Gasteiger partial charge in [0.25, 0.3) is 0 Å². The molecule has 15 nitrogen and oxygen atoms in total. The van der Waals surface area contributed by atoms with Crippen LogP contribution in [0, 0.1) is 22.7 Å². The maximum absolute atomic E-state index is 10.4. The van der Waals surface area contributed by atoms with Gasteiger partial charge in [0.1, 0.15) is 0 Å². The first-order valence-corrected chi connectivity index (χ1v) is 43.0. The molecule has 0 aliphatic carbocycles. The van der Waals surface area contributed by atoms with Crippen molar-refractivity contribution in [2.75, 3.05) is 0 Å². The lowest BCUT2D eigenvalue weighted by Gasteiger charge is -2.32. The van der Waals surface area contributed by atoms with E-state index < -0.39 is 36.6 Å². The first kappa shape index (κ1) is 84.2. The molecule has 618 valence electrons. The molecule has 21 rings (SSSR count). The summed E-state index contributed by atoms with van der Waals surface area (Å²) in [5.74, 6) is 5.63. The summed E-state index contributed by atoms with van der Waals surface area (Å²) < 4.78 is 25.8. The highest BCUT2D eigenvalue weighted by atomic mass is 79.9. The van der Waals surface area contributed by atoms with E-state index in [1.807, 2.05) is 280 Å². The van der Waals surface area contributed by atoms with Crippen molar-refractivity contribution in [2.45, 2.75) is 77.8 Å². The number of hydrogen-bond donors (Lipinski definition) is 0. The van der Waals surface area contributed by atoms with Crippen molar-refractivity contribution >= 4 is 103 Å². The molecule has 0 spiro atoms. The summed E-state index contributed by atoms with van der Waals surface area (Å²) in [5, 5.41) is 30.8. The van der Waals surface area contributed by atoms with E-state index in [1.54, 1.807) is 0 Å². The van der Waals surface area contributed by atoms with E-state index in [9.17, 15) is 10.5 Å². The molecule has 0 bridgehead atoms. The number of aromatic nitrogens is 9. The van der Waals surface area contributed by atoms with Crippen LogP contribution in [0.15, 0.2) is 356 Å². The number of rotatable bonds is 13. The molecular formula is C109H86B3BrN11O4-. The lowest BCUT2D eigenvalue weighted by molar-refractivity contribution is 0.00578. The van der Waals surface area contributed by atoms with Crippen LogP contribution in [0.25, 0.3) is 179 Å². The zero-order valence-corrected chi connectivity index (χ0v) is 72.7. The number of nitriles is 2. The van der Waals surface area contributed by atoms with Crippen LogP contribution in [-0.4, -0.2) is 89.9 Å². The molecule has 0 unspecified atom stereocenters. The highest BCUT2D eigenvalue weighted by Crippen LogP contribution is 2.42. The Morgan fingerprint density at radius 2 is 0.547 bits per heavy atom. The van der Waals surface area contributed by atoms with Crippen LogP contribution in [0.1, 0.15) is 66.5 Å². The number of hydrogen-bond acceptors (Lipinski definition) is 15. The van der Waals surface area contributed by atoms with Gasteiger partial charge in [-0.05, 0) is 168 Å². The van der Waals surface area contributed by atoms with Gasteiger partial charge in [-0.1, -0.05) is 340 Å². The van der Waals surface area contributed by atoms with Crippen LogP contribution < -0.4 is 10.9 Å². The van der Waals surface area contributed by atoms with Crippen molar-refractivity contribution in [3.05, 3.63) is 367 Å². The Balaban J connectivity index is 0.000000152. The van der Waals surface area contributed by atoms with E-state index in [0.717, 1.165) is 142 Å². The number of fused-ring (bicyclic) bond motifs is 5. The summed E-state index contributed by atoms with van der Waals surface area (Å²) in [5.41, 5.74) is 13.4. The molecule has 2 saturated heterocycles. The molecule has 2 aliphatic heterocycles. The highest BCUT2D eigenvalue weighted by molar-refractivity contribution is 9.10. The van der Waals surface area contributed by atoms with E-state index in [4.69, 9.17) is 63.5 Å². The maximum Gasteiger partial charge on any atom is 0.496 e. The van der Waals surface area contributed by atoms with E-state index in [-0.39, 0.29) is 8.41 Å².